The standard InChI is InChI=1S/C23H25ClN4O3S/c1-16-5-9-21(10-6-16)27(32(4,30)31)15-23(29)26-25-14-19-13-17(2)28(18(19)3)22-11-7-20(24)8-12-22/h5-14H,15H2,1-4H3,(H,26,29)/b25-14+. The van der Waals surface area contributed by atoms with Crippen LogP contribution in [0, 0.1) is 20.8 Å². The van der Waals surface area contributed by atoms with Crippen LogP contribution >= 0.6 is 11.6 Å². The summed E-state index contributed by atoms with van der Waals surface area (Å²) in [6, 6.07) is 16.4. The fourth-order valence-electron chi connectivity index (χ4n) is 3.36. The van der Waals surface area contributed by atoms with E-state index in [4.69, 9.17) is 11.6 Å². The number of anilines is 1. The summed E-state index contributed by atoms with van der Waals surface area (Å²) >= 11 is 5.98. The van der Waals surface area contributed by atoms with Crippen molar-refractivity contribution in [3.8, 4) is 5.69 Å². The third-order valence-corrected chi connectivity index (χ3v) is 6.35. The summed E-state index contributed by atoms with van der Waals surface area (Å²) in [5.74, 6) is -0.543. The van der Waals surface area contributed by atoms with E-state index in [2.05, 4.69) is 15.1 Å². The minimum Gasteiger partial charge on any atom is -0.318 e. The Hall–Kier alpha value is -3.10. The molecule has 0 fully saturated rings. The van der Waals surface area contributed by atoms with Gasteiger partial charge >= 0.3 is 0 Å². The summed E-state index contributed by atoms with van der Waals surface area (Å²) in [7, 11) is -3.64. The highest BCUT2D eigenvalue weighted by atomic mass is 35.5. The maximum absolute atomic E-state index is 12.4. The second kappa shape index (κ2) is 9.58. The molecule has 7 nitrogen and oxygen atoms in total. The minimum atomic E-state index is -3.64. The minimum absolute atomic E-state index is 0.372. The number of hydrogen-bond donors (Lipinski definition) is 1. The maximum Gasteiger partial charge on any atom is 0.260 e. The van der Waals surface area contributed by atoms with E-state index in [0.29, 0.717) is 10.7 Å². The highest BCUT2D eigenvalue weighted by Gasteiger charge is 2.20. The Bertz CT molecular complexity index is 1250. The Morgan fingerprint density at radius 3 is 2.31 bits per heavy atom. The highest BCUT2D eigenvalue weighted by Crippen LogP contribution is 2.21. The SMILES string of the molecule is Cc1ccc(N(CC(=O)N/N=C/c2cc(C)n(-c3ccc(Cl)cc3)c2C)S(C)(=O)=O)cc1. The quantitative estimate of drug-likeness (QED) is 0.417. The van der Waals surface area contributed by atoms with Crippen molar-refractivity contribution >= 4 is 39.4 Å². The molecule has 1 aromatic heterocycles. The fourth-order valence-corrected chi connectivity index (χ4v) is 4.34. The van der Waals surface area contributed by atoms with Gasteiger partial charge in [-0.1, -0.05) is 29.3 Å². The van der Waals surface area contributed by atoms with Gasteiger partial charge in [-0.25, -0.2) is 13.8 Å². The molecule has 3 rings (SSSR count). The van der Waals surface area contributed by atoms with Crippen LogP contribution in [0.1, 0.15) is 22.5 Å². The maximum atomic E-state index is 12.4. The van der Waals surface area contributed by atoms with Gasteiger partial charge in [0.1, 0.15) is 6.54 Å². The van der Waals surface area contributed by atoms with Crippen molar-refractivity contribution in [2.75, 3.05) is 17.1 Å². The molecule has 1 amide bonds. The first kappa shape index (κ1) is 23.6. The molecular formula is C23H25ClN4O3S. The van der Waals surface area contributed by atoms with Crippen LogP contribution in [0.25, 0.3) is 5.69 Å². The summed E-state index contributed by atoms with van der Waals surface area (Å²) in [5.41, 5.74) is 7.57. The smallest absolute Gasteiger partial charge is 0.260 e. The first-order valence-electron chi connectivity index (χ1n) is 9.87. The number of aryl methyl sites for hydroxylation is 2. The van der Waals surface area contributed by atoms with E-state index < -0.39 is 15.9 Å². The lowest BCUT2D eigenvalue weighted by Crippen LogP contribution is -2.39. The molecule has 32 heavy (non-hydrogen) atoms. The van der Waals surface area contributed by atoms with Gasteiger partial charge in [0.25, 0.3) is 5.91 Å². The van der Waals surface area contributed by atoms with Crippen LogP contribution in [0.4, 0.5) is 5.69 Å². The summed E-state index contributed by atoms with van der Waals surface area (Å²) in [4.78, 5) is 12.4. The number of rotatable bonds is 7. The van der Waals surface area contributed by atoms with Gasteiger partial charge in [-0.3, -0.25) is 9.10 Å². The van der Waals surface area contributed by atoms with E-state index in [1.165, 1.54) is 0 Å². The first-order chi connectivity index (χ1) is 15.1. The van der Waals surface area contributed by atoms with E-state index >= 15 is 0 Å². The zero-order valence-corrected chi connectivity index (χ0v) is 19.9. The van der Waals surface area contributed by atoms with E-state index in [-0.39, 0.29) is 6.54 Å². The van der Waals surface area contributed by atoms with Gasteiger partial charge in [-0.05, 0) is 63.2 Å². The number of aromatic nitrogens is 1. The number of benzene rings is 2. The molecule has 3 aromatic rings. The number of hydrogen-bond acceptors (Lipinski definition) is 4. The van der Waals surface area contributed by atoms with E-state index in [1.807, 2.05) is 51.1 Å². The molecule has 0 aliphatic rings. The number of carbonyl (C=O) groups excluding carboxylic acids is 1. The molecule has 0 aliphatic heterocycles. The lowest BCUT2D eigenvalue weighted by molar-refractivity contribution is -0.119. The first-order valence-corrected chi connectivity index (χ1v) is 12.1. The number of sulfonamides is 1. The van der Waals surface area contributed by atoms with Gasteiger partial charge in [0, 0.05) is 27.7 Å². The monoisotopic (exact) mass is 472 g/mol. The van der Waals surface area contributed by atoms with Gasteiger partial charge in [0.15, 0.2) is 0 Å². The second-order valence-electron chi connectivity index (χ2n) is 7.54. The van der Waals surface area contributed by atoms with E-state index in [9.17, 15) is 13.2 Å². The van der Waals surface area contributed by atoms with Crippen LogP contribution in [0.2, 0.25) is 5.02 Å². The number of nitrogens with zero attached hydrogens (tertiary/aromatic N) is 3. The molecule has 0 spiro atoms. The number of carbonyl (C=O) groups is 1. The molecule has 0 saturated carbocycles. The molecule has 0 aliphatic carbocycles. The van der Waals surface area contributed by atoms with Gasteiger partial charge in [-0.15, -0.1) is 0 Å². The van der Waals surface area contributed by atoms with Crippen LogP contribution < -0.4 is 9.73 Å². The van der Waals surface area contributed by atoms with Crippen LogP contribution in [-0.2, 0) is 14.8 Å². The van der Waals surface area contributed by atoms with Crippen molar-refractivity contribution < 1.29 is 13.2 Å². The Morgan fingerprint density at radius 1 is 1.09 bits per heavy atom. The summed E-state index contributed by atoms with van der Waals surface area (Å²) in [5, 5.41) is 4.69. The molecule has 0 unspecified atom stereocenters. The molecule has 1 N–H and O–H groups in total. The van der Waals surface area contributed by atoms with Gasteiger partial charge in [0.05, 0.1) is 18.2 Å². The lowest BCUT2D eigenvalue weighted by Gasteiger charge is -2.21. The normalized spacial score (nSPS) is 11.7. The van der Waals surface area contributed by atoms with Crippen LogP contribution in [0.5, 0.6) is 0 Å². The molecule has 0 bridgehead atoms. The number of halogens is 1. The Balaban J connectivity index is 1.73. The van der Waals surface area contributed by atoms with Crippen molar-refractivity contribution in [2.24, 2.45) is 5.10 Å². The van der Waals surface area contributed by atoms with E-state index in [0.717, 1.165) is 38.8 Å². The Labute approximate surface area is 193 Å². The van der Waals surface area contributed by atoms with E-state index in [1.54, 1.807) is 30.5 Å². The number of hydrazone groups is 1. The third-order valence-electron chi connectivity index (χ3n) is 4.96. The number of amides is 1. The average Bonchev–Trinajstić information content (AvgIpc) is 3.00. The van der Waals surface area contributed by atoms with Crippen LogP contribution in [-0.4, -0.2) is 37.9 Å². The fraction of sp³-hybridized carbons (Fsp3) is 0.217. The van der Waals surface area contributed by atoms with Gasteiger partial charge < -0.3 is 4.57 Å². The zero-order chi connectivity index (χ0) is 23.5. The summed E-state index contributed by atoms with van der Waals surface area (Å²) < 4.78 is 27.5. The van der Waals surface area contributed by atoms with Crippen molar-refractivity contribution in [1.29, 1.82) is 0 Å². The van der Waals surface area contributed by atoms with Gasteiger partial charge in [0.2, 0.25) is 10.0 Å². The Morgan fingerprint density at radius 2 is 1.72 bits per heavy atom. The number of nitrogens with one attached hydrogen (secondary N) is 1. The zero-order valence-electron chi connectivity index (χ0n) is 18.3. The van der Waals surface area contributed by atoms with Crippen molar-refractivity contribution in [3.05, 3.63) is 82.1 Å². The molecule has 9 heteroatoms. The van der Waals surface area contributed by atoms with Crippen molar-refractivity contribution in [2.45, 2.75) is 20.8 Å². The second-order valence-corrected chi connectivity index (χ2v) is 9.88. The topological polar surface area (TPSA) is 83.8 Å². The largest absolute Gasteiger partial charge is 0.318 e. The molecule has 0 radical (unpaired) electrons. The summed E-state index contributed by atoms with van der Waals surface area (Å²) in [6.45, 7) is 5.46. The molecule has 1 heterocycles. The molecule has 0 saturated heterocycles. The third kappa shape index (κ3) is 5.57. The molecule has 0 atom stereocenters. The molecule has 2 aromatic carbocycles. The lowest BCUT2D eigenvalue weighted by atomic mass is 10.2. The van der Waals surface area contributed by atoms with Crippen molar-refractivity contribution in [3.63, 3.8) is 0 Å². The highest BCUT2D eigenvalue weighted by molar-refractivity contribution is 7.92. The van der Waals surface area contributed by atoms with Crippen LogP contribution in [0.15, 0.2) is 59.7 Å². The predicted octanol–water partition coefficient (Wildman–Crippen LogP) is 3.97. The predicted molar refractivity (Wildman–Crippen MR) is 129 cm³/mol. The Kier molecular flexibility index (Phi) is 7.06. The van der Waals surface area contributed by atoms with Gasteiger partial charge in [-0.2, -0.15) is 5.10 Å². The van der Waals surface area contributed by atoms with Crippen LogP contribution in [0.3, 0.4) is 0 Å². The summed E-state index contributed by atoms with van der Waals surface area (Å²) in [6.07, 6.45) is 2.61. The molecule has 168 valence electrons. The molecular weight excluding hydrogens is 448 g/mol. The average molecular weight is 473 g/mol. The van der Waals surface area contributed by atoms with Crippen molar-refractivity contribution in [1.82, 2.24) is 9.99 Å².